The summed E-state index contributed by atoms with van der Waals surface area (Å²) < 4.78 is 5.03. The Bertz CT molecular complexity index is 1120. The molecule has 1 fully saturated rings. The van der Waals surface area contributed by atoms with Crippen LogP contribution in [0, 0.1) is 0 Å². The van der Waals surface area contributed by atoms with Gasteiger partial charge in [-0.15, -0.1) is 0 Å². The Hall–Kier alpha value is -2.55. The quantitative estimate of drug-likeness (QED) is 0.232. The van der Waals surface area contributed by atoms with E-state index in [9.17, 15) is 14.4 Å². The number of hydrogen-bond acceptors (Lipinski definition) is 6. The predicted molar refractivity (Wildman–Crippen MR) is 151 cm³/mol. The lowest BCUT2D eigenvalue weighted by molar-refractivity contribution is -0.129. The number of nitrogens with one attached hydrogen (secondary N) is 1. The molecular formula is C27H31Cl2N3O4S. The van der Waals surface area contributed by atoms with E-state index in [1.807, 2.05) is 0 Å². The average molecular weight is 565 g/mol. The third kappa shape index (κ3) is 8.76. The van der Waals surface area contributed by atoms with Crippen molar-refractivity contribution >= 4 is 69.3 Å². The second-order valence-electron chi connectivity index (χ2n) is 8.58. The Kier molecular flexibility index (Phi) is 11.3. The molecule has 0 bridgehead atoms. The number of amidine groups is 1. The monoisotopic (exact) mass is 563 g/mol. The molecule has 37 heavy (non-hydrogen) atoms. The number of aliphatic imine (C=N–C) groups is 1. The summed E-state index contributed by atoms with van der Waals surface area (Å²) in [5.74, 6) is -0.888. The van der Waals surface area contributed by atoms with Crippen molar-refractivity contribution in [2.45, 2.75) is 57.6 Å². The first-order valence-corrected chi connectivity index (χ1v) is 14.0. The lowest BCUT2D eigenvalue weighted by Crippen LogP contribution is -2.45. The number of benzene rings is 2. The smallest absolute Gasteiger partial charge is 0.338 e. The number of unbranched alkanes of at least 4 members (excludes halogenated alkanes) is 4. The van der Waals surface area contributed by atoms with Crippen LogP contribution in [-0.2, 0) is 14.3 Å². The van der Waals surface area contributed by atoms with Crippen LogP contribution in [0.2, 0.25) is 10.0 Å². The minimum absolute atomic E-state index is 0.0561. The summed E-state index contributed by atoms with van der Waals surface area (Å²) in [6.07, 6.45) is 5.34. The molecule has 1 unspecified atom stereocenters. The van der Waals surface area contributed by atoms with E-state index in [0.717, 1.165) is 32.1 Å². The number of rotatable bonds is 11. The number of ether oxygens (including phenoxy) is 1. The fourth-order valence-corrected chi connectivity index (χ4v) is 5.43. The highest BCUT2D eigenvalue weighted by Gasteiger charge is 2.35. The molecule has 2 amide bonds. The van der Waals surface area contributed by atoms with Crippen LogP contribution in [0.25, 0.3) is 0 Å². The zero-order valence-corrected chi connectivity index (χ0v) is 23.3. The third-order valence-corrected chi connectivity index (χ3v) is 7.27. The van der Waals surface area contributed by atoms with Gasteiger partial charge in [-0.2, -0.15) is 0 Å². The number of anilines is 1. The summed E-state index contributed by atoms with van der Waals surface area (Å²) in [5.41, 5.74) is 1.45. The molecule has 0 aromatic heterocycles. The minimum Gasteiger partial charge on any atom is -0.462 e. The summed E-state index contributed by atoms with van der Waals surface area (Å²) in [4.78, 5) is 44.5. The van der Waals surface area contributed by atoms with E-state index in [1.54, 1.807) is 54.3 Å². The van der Waals surface area contributed by atoms with Gasteiger partial charge in [0.05, 0.1) is 17.9 Å². The second kappa shape index (κ2) is 14.4. The normalized spacial score (nSPS) is 16.6. The Balaban J connectivity index is 1.79. The van der Waals surface area contributed by atoms with Crippen LogP contribution < -0.4 is 5.32 Å². The van der Waals surface area contributed by atoms with Gasteiger partial charge in [-0.1, -0.05) is 67.6 Å². The van der Waals surface area contributed by atoms with Gasteiger partial charge >= 0.3 is 5.97 Å². The number of carbonyl (C=O) groups is 3. The summed E-state index contributed by atoms with van der Waals surface area (Å²) in [6, 6.07) is 11.4. The van der Waals surface area contributed by atoms with Gasteiger partial charge in [0.15, 0.2) is 5.17 Å². The molecule has 1 saturated heterocycles. The van der Waals surface area contributed by atoms with E-state index >= 15 is 0 Å². The predicted octanol–water partition coefficient (Wildman–Crippen LogP) is 7.10. The molecule has 1 heterocycles. The highest BCUT2D eigenvalue weighted by Crippen LogP contribution is 2.31. The van der Waals surface area contributed by atoms with Gasteiger partial charge in [0, 0.05) is 28.7 Å². The van der Waals surface area contributed by atoms with Crippen molar-refractivity contribution in [1.29, 1.82) is 0 Å². The molecule has 0 saturated carbocycles. The van der Waals surface area contributed by atoms with Crippen LogP contribution in [0.3, 0.4) is 0 Å². The molecule has 0 radical (unpaired) electrons. The zero-order valence-electron chi connectivity index (χ0n) is 21.0. The zero-order chi connectivity index (χ0) is 26.8. The molecule has 7 nitrogen and oxygen atoms in total. The summed E-state index contributed by atoms with van der Waals surface area (Å²) in [6.45, 7) is 4.73. The molecule has 1 N–H and O–H groups in total. The average Bonchev–Trinajstić information content (AvgIpc) is 2.85. The molecule has 1 aliphatic rings. The highest BCUT2D eigenvalue weighted by molar-refractivity contribution is 8.15. The molecule has 1 aliphatic heterocycles. The van der Waals surface area contributed by atoms with Crippen molar-refractivity contribution in [1.82, 2.24) is 4.90 Å². The third-order valence-electron chi connectivity index (χ3n) is 5.65. The second-order valence-corrected chi connectivity index (χ2v) is 10.6. The van der Waals surface area contributed by atoms with Crippen molar-refractivity contribution in [3.63, 3.8) is 0 Å². The summed E-state index contributed by atoms with van der Waals surface area (Å²) >= 11 is 13.4. The maximum atomic E-state index is 13.2. The molecule has 198 valence electrons. The Labute approximate surface area is 231 Å². The van der Waals surface area contributed by atoms with Gasteiger partial charge in [0.2, 0.25) is 11.8 Å². The minimum atomic E-state index is -0.667. The lowest BCUT2D eigenvalue weighted by Gasteiger charge is -2.32. The van der Waals surface area contributed by atoms with E-state index < -0.39 is 11.2 Å². The number of thioether (sulfide) groups is 1. The summed E-state index contributed by atoms with van der Waals surface area (Å²) in [5, 5.41) is 3.40. The maximum absolute atomic E-state index is 13.2. The first-order valence-electron chi connectivity index (χ1n) is 12.4. The fourth-order valence-electron chi connectivity index (χ4n) is 3.78. The lowest BCUT2D eigenvalue weighted by atomic mass is 10.1. The van der Waals surface area contributed by atoms with Crippen molar-refractivity contribution in [2.75, 3.05) is 18.5 Å². The molecule has 1 atom stereocenters. The van der Waals surface area contributed by atoms with Gasteiger partial charge in [0.1, 0.15) is 5.25 Å². The molecule has 10 heteroatoms. The van der Waals surface area contributed by atoms with Crippen LogP contribution in [-0.4, -0.2) is 46.3 Å². The van der Waals surface area contributed by atoms with Crippen molar-refractivity contribution in [3.8, 4) is 0 Å². The SMILES string of the molecule is CCCCCCCN1C(=O)CC(C(=O)Nc2cc(Cl)cc(Cl)c2)SC1=Nc1ccc(C(=O)OCC)cc1. The molecule has 0 aliphatic carbocycles. The van der Waals surface area contributed by atoms with Crippen LogP contribution in [0.5, 0.6) is 0 Å². The number of carbonyl (C=O) groups excluding carboxylic acids is 3. The molecule has 2 aromatic carbocycles. The Morgan fingerprint density at radius 3 is 2.38 bits per heavy atom. The van der Waals surface area contributed by atoms with Gasteiger partial charge in [-0.25, -0.2) is 9.79 Å². The van der Waals surface area contributed by atoms with Crippen LogP contribution in [0.4, 0.5) is 11.4 Å². The van der Waals surface area contributed by atoms with Crippen LogP contribution in [0.1, 0.15) is 62.7 Å². The number of halogens is 2. The first kappa shape index (κ1) is 29.0. The highest BCUT2D eigenvalue weighted by atomic mass is 35.5. The Morgan fingerprint density at radius 1 is 1.05 bits per heavy atom. The fraction of sp³-hybridized carbons (Fsp3) is 0.407. The number of esters is 1. The van der Waals surface area contributed by atoms with Gasteiger partial charge in [0.25, 0.3) is 0 Å². The Morgan fingerprint density at radius 2 is 1.73 bits per heavy atom. The molecule has 3 rings (SSSR count). The van der Waals surface area contributed by atoms with Crippen LogP contribution in [0.15, 0.2) is 47.5 Å². The van der Waals surface area contributed by atoms with Gasteiger partial charge in [-0.3, -0.25) is 14.5 Å². The first-order chi connectivity index (χ1) is 17.8. The van der Waals surface area contributed by atoms with Gasteiger partial charge < -0.3 is 10.1 Å². The molecule has 0 spiro atoms. The summed E-state index contributed by atoms with van der Waals surface area (Å²) in [7, 11) is 0. The van der Waals surface area contributed by atoms with E-state index in [2.05, 4.69) is 17.2 Å². The standard InChI is InChI=1S/C27H31Cl2N3O4S/c1-3-5-6-7-8-13-32-24(33)17-23(25(34)30-22-15-19(28)14-20(29)16-22)37-27(32)31-21-11-9-18(10-12-21)26(35)36-4-2/h9-12,14-16,23H,3-8,13,17H2,1-2H3,(H,30,34). The number of hydrogen-bond donors (Lipinski definition) is 1. The van der Waals surface area contributed by atoms with Gasteiger partial charge in [-0.05, 0) is 55.8 Å². The van der Waals surface area contributed by atoms with E-state index in [-0.39, 0.29) is 18.2 Å². The number of amides is 2. The largest absolute Gasteiger partial charge is 0.462 e. The molecule has 2 aromatic rings. The molecular weight excluding hydrogens is 533 g/mol. The van der Waals surface area contributed by atoms with E-state index in [4.69, 9.17) is 27.9 Å². The maximum Gasteiger partial charge on any atom is 0.338 e. The van der Waals surface area contributed by atoms with Crippen molar-refractivity contribution in [3.05, 3.63) is 58.1 Å². The van der Waals surface area contributed by atoms with E-state index in [1.165, 1.54) is 11.8 Å². The van der Waals surface area contributed by atoms with E-state index in [0.29, 0.717) is 45.3 Å². The van der Waals surface area contributed by atoms with Crippen molar-refractivity contribution in [2.24, 2.45) is 4.99 Å². The topological polar surface area (TPSA) is 88.1 Å². The number of nitrogens with zero attached hydrogens (tertiary/aromatic N) is 2. The van der Waals surface area contributed by atoms with Crippen molar-refractivity contribution < 1.29 is 19.1 Å². The van der Waals surface area contributed by atoms with Crippen LogP contribution >= 0.6 is 35.0 Å².